The zero-order valence-corrected chi connectivity index (χ0v) is 12.7. The summed E-state index contributed by atoms with van der Waals surface area (Å²) in [6.45, 7) is 7.19. The summed E-state index contributed by atoms with van der Waals surface area (Å²) >= 11 is 0. The molecule has 3 heterocycles. The number of hydrogen-bond donors (Lipinski definition) is 1. The van der Waals surface area contributed by atoms with E-state index < -0.39 is 0 Å². The zero-order chi connectivity index (χ0) is 15.1. The van der Waals surface area contributed by atoms with Gasteiger partial charge in [0, 0.05) is 45.5 Å². The van der Waals surface area contributed by atoms with Crippen LogP contribution in [0.1, 0.15) is 21.7 Å². The van der Waals surface area contributed by atoms with Crippen molar-refractivity contribution < 1.29 is 9.59 Å². The summed E-state index contributed by atoms with van der Waals surface area (Å²) < 4.78 is 1.73. The van der Waals surface area contributed by atoms with Gasteiger partial charge in [0.2, 0.25) is 5.91 Å². The van der Waals surface area contributed by atoms with Gasteiger partial charge in [-0.3, -0.25) is 19.2 Å². The molecule has 1 unspecified atom stereocenters. The van der Waals surface area contributed by atoms with Crippen LogP contribution in [0.3, 0.4) is 0 Å². The molecule has 0 aliphatic carbocycles. The average Bonchev–Trinajstić information content (AvgIpc) is 2.71. The number of amides is 2. The molecule has 1 N–H and O–H groups in total. The second-order valence-corrected chi connectivity index (χ2v) is 5.76. The second-order valence-electron chi connectivity index (χ2n) is 5.76. The van der Waals surface area contributed by atoms with E-state index in [-0.39, 0.29) is 17.9 Å². The van der Waals surface area contributed by atoms with Crippen LogP contribution >= 0.6 is 0 Å². The van der Waals surface area contributed by atoms with Crippen LogP contribution < -0.4 is 5.32 Å². The molecular weight excluding hydrogens is 270 g/mol. The lowest BCUT2D eigenvalue weighted by Gasteiger charge is -2.43. The maximum absolute atomic E-state index is 12.8. The molecule has 7 heteroatoms. The molecule has 7 nitrogen and oxygen atoms in total. The highest BCUT2D eigenvalue weighted by Crippen LogP contribution is 2.19. The van der Waals surface area contributed by atoms with Crippen molar-refractivity contribution in [1.29, 1.82) is 0 Å². The van der Waals surface area contributed by atoms with Crippen LogP contribution in [-0.4, -0.2) is 70.2 Å². The molecule has 2 amide bonds. The predicted octanol–water partition coefficient (Wildman–Crippen LogP) is -0.707. The van der Waals surface area contributed by atoms with Gasteiger partial charge in [-0.05, 0) is 13.8 Å². The van der Waals surface area contributed by atoms with Crippen molar-refractivity contribution in [2.45, 2.75) is 19.9 Å². The van der Waals surface area contributed by atoms with Crippen molar-refractivity contribution >= 4 is 11.8 Å². The Hall–Kier alpha value is -1.89. The normalized spacial score (nSPS) is 22.9. The van der Waals surface area contributed by atoms with E-state index in [1.807, 2.05) is 20.9 Å². The van der Waals surface area contributed by atoms with E-state index in [2.05, 4.69) is 15.3 Å². The Balaban J connectivity index is 1.81. The summed E-state index contributed by atoms with van der Waals surface area (Å²) in [4.78, 5) is 28.7. The number of fused-ring (bicyclic) bond motifs is 1. The zero-order valence-electron chi connectivity index (χ0n) is 12.7. The average molecular weight is 291 g/mol. The summed E-state index contributed by atoms with van der Waals surface area (Å²) in [5.41, 5.74) is 2.28. The molecule has 21 heavy (non-hydrogen) atoms. The third-order valence-corrected chi connectivity index (χ3v) is 4.50. The summed E-state index contributed by atoms with van der Waals surface area (Å²) in [7, 11) is 1.84. The van der Waals surface area contributed by atoms with Gasteiger partial charge < -0.3 is 10.2 Å². The van der Waals surface area contributed by atoms with Crippen LogP contribution in [0.25, 0.3) is 0 Å². The maximum atomic E-state index is 12.8. The summed E-state index contributed by atoms with van der Waals surface area (Å²) in [6.07, 6.45) is 0. The Morgan fingerprint density at radius 1 is 1.29 bits per heavy atom. The van der Waals surface area contributed by atoms with Gasteiger partial charge in [-0.25, -0.2) is 0 Å². The van der Waals surface area contributed by atoms with E-state index >= 15 is 0 Å². The van der Waals surface area contributed by atoms with E-state index in [9.17, 15) is 9.59 Å². The van der Waals surface area contributed by atoms with Gasteiger partial charge in [-0.2, -0.15) is 5.10 Å². The van der Waals surface area contributed by atoms with E-state index in [1.54, 1.807) is 9.58 Å². The monoisotopic (exact) mass is 291 g/mol. The third kappa shape index (κ3) is 2.31. The first kappa shape index (κ1) is 14.1. The molecule has 2 fully saturated rings. The molecule has 3 rings (SSSR count). The molecule has 1 atom stereocenters. The Morgan fingerprint density at radius 3 is 2.71 bits per heavy atom. The number of hydrogen-bond acceptors (Lipinski definition) is 4. The quantitative estimate of drug-likeness (QED) is 0.742. The molecule has 0 radical (unpaired) electrons. The standard InChI is InChI=1S/C14H21N5O2/c1-9-12(10(2)17(3)16-9)14(21)19-7-6-18-5-4-15-13(20)11(18)8-19/h11H,4-8H2,1-3H3,(H,15,20). The minimum atomic E-state index is -0.214. The van der Waals surface area contributed by atoms with Gasteiger partial charge in [-0.15, -0.1) is 0 Å². The molecule has 0 saturated carbocycles. The van der Waals surface area contributed by atoms with Crippen molar-refractivity contribution in [3.63, 3.8) is 0 Å². The molecular formula is C14H21N5O2. The fourth-order valence-electron chi connectivity index (χ4n) is 3.20. The van der Waals surface area contributed by atoms with Crippen LogP contribution in [0.4, 0.5) is 0 Å². The molecule has 2 aliphatic rings. The Labute approximate surface area is 123 Å². The summed E-state index contributed by atoms with van der Waals surface area (Å²) in [5.74, 6) is 0.00880. The van der Waals surface area contributed by atoms with E-state index in [4.69, 9.17) is 0 Å². The first-order valence-corrected chi connectivity index (χ1v) is 7.30. The lowest BCUT2D eigenvalue weighted by atomic mass is 10.1. The van der Waals surface area contributed by atoms with Crippen LogP contribution in [-0.2, 0) is 11.8 Å². The predicted molar refractivity (Wildman–Crippen MR) is 77.0 cm³/mol. The van der Waals surface area contributed by atoms with Crippen molar-refractivity contribution in [2.75, 3.05) is 32.7 Å². The van der Waals surface area contributed by atoms with Gasteiger partial charge >= 0.3 is 0 Å². The van der Waals surface area contributed by atoms with E-state index in [1.165, 1.54) is 0 Å². The molecule has 2 saturated heterocycles. The van der Waals surface area contributed by atoms with Crippen molar-refractivity contribution in [2.24, 2.45) is 7.05 Å². The smallest absolute Gasteiger partial charge is 0.257 e. The lowest BCUT2D eigenvalue weighted by Crippen LogP contribution is -2.64. The molecule has 0 aromatic carbocycles. The highest BCUT2D eigenvalue weighted by Gasteiger charge is 2.37. The number of rotatable bonds is 1. The number of aromatic nitrogens is 2. The van der Waals surface area contributed by atoms with Crippen molar-refractivity contribution in [1.82, 2.24) is 24.9 Å². The number of piperazine rings is 2. The topological polar surface area (TPSA) is 70.5 Å². The molecule has 1 aromatic heterocycles. The van der Waals surface area contributed by atoms with Gasteiger partial charge in [0.15, 0.2) is 0 Å². The molecule has 2 aliphatic heterocycles. The van der Waals surface area contributed by atoms with Crippen molar-refractivity contribution in [3.8, 4) is 0 Å². The van der Waals surface area contributed by atoms with Gasteiger partial charge in [0.05, 0.1) is 11.3 Å². The lowest BCUT2D eigenvalue weighted by molar-refractivity contribution is -0.131. The van der Waals surface area contributed by atoms with Crippen LogP contribution in [0.15, 0.2) is 0 Å². The Morgan fingerprint density at radius 2 is 2.05 bits per heavy atom. The number of nitrogens with one attached hydrogen (secondary N) is 1. The number of nitrogens with zero attached hydrogens (tertiary/aromatic N) is 4. The van der Waals surface area contributed by atoms with Gasteiger partial charge in [0.1, 0.15) is 6.04 Å². The van der Waals surface area contributed by atoms with Crippen LogP contribution in [0, 0.1) is 13.8 Å². The largest absolute Gasteiger partial charge is 0.353 e. The highest BCUT2D eigenvalue weighted by molar-refractivity contribution is 5.97. The minimum Gasteiger partial charge on any atom is -0.353 e. The minimum absolute atomic E-state index is 0.0175. The fraction of sp³-hybridized carbons (Fsp3) is 0.643. The van der Waals surface area contributed by atoms with Gasteiger partial charge in [0.25, 0.3) is 5.91 Å². The van der Waals surface area contributed by atoms with Crippen LogP contribution in [0.2, 0.25) is 0 Å². The fourth-order valence-corrected chi connectivity index (χ4v) is 3.20. The van der Waals surface area contributed by atoms with Gasteiger partial charge in [-0.1, -0.05) is 0 Å². The van der Waals surface area contributed by atoms with E-state index in [0.29, 0.717) is 25.2 Å². The summed E-state index contributed by atoms with van der Waals surface area (Å²) in [6, 6.07) is -0.214. The Kier molecular flexibility index (Phi) is 3.44. The Bertz CT molecular complexity index is 594. The molecule has 0 spiro atoms. The number of carbonyl (C=O) groups excluding carboxylic acids is 2. The third-order valence-electron chi connectivity index (χ3n) is 4.50. The second kappa shape index (κ2) is 5.14. The highest BCUT2D eigenvalue weighted by atomic mass is 16.2. The molecule has 1 aromatic rings. The number of aryl methyl sites for hydroxylation is 2. The first-order chi connectivity index (χ1) is 9.99. The van der Waals surface area contributed by atoms with E-state index in [0.717, 1.165) is 24.5 Å². The number of carbonyl (C=O) groups is 2. The molecule has 114 valence electrons. The first-order valence-electron chi connectivity index (χ1n) is 7.30. The molecule has 0 bridgehead atoms. The SMILES string of the molecule is Cc1nn(C)c(C)c1C(=O)N1CCN2CCNC(=O)C2C1. The maximum Gasteiger partial charge on any atom is 0.257 e. The summed E-state index contributed by atoms with van der Waals surface area (Å²) in [5, 5.41) is 7.17. The van der Waals surface area contributed by atoms with Crippen molar-refractivity contribution in [3.05, 3.63) is 17.0 Å². The van der Waals surface area contributed by atoms with Crippen LogP contribution in [0.5, 0.6) is 0 Å².